The molecule has 0 aromatic heterocycles. The highest BCUT2D eigenvalue weighted by Gasteiger charge is 2.25. The minimum absolute atomic E-state index is 0.234. The largest absolute Gasteiger partial charge is 0.481 e. The minimum Gasteiger partial charge on any atom is -0.481 e. The summed E-state index contributed by atoms with van der Waals surface area (Å²) in [7, 11) is 0. The first-order valence-electron chi connectivity index (χ1n) is 6.01. The molecular weight excluding hydrogens is 246 g/mol. The predicted molar refractivity (Wildman–Crippen MR) is 60.5 cm³/mol. The van der Waals surface area contributed by atoms with Crippen molar-refractivity contribution in [3.63, 3.8) is 0 Å². The molecule has 0 spiro atoms. The Morgan fingerprint density at radius 2 is 1.78 bits per heavy atom. The van der Waals surface area contributed by atoms with E-state index in [1.165, 1.54) is 0 Å². The summed E-state index contributed by atoms with van der Waals surface area (Å²) in [5, 5.41) is 13.4. The molecule has 5 nitrogen and oxygen atoms in total. The summed E-state index contributed by atoms with van der Waals surface area (Å²) < 4.78 is 23.6. The van der Waals surface area contributed by atoms with Crippen LogP contribution in [-0.4, -0.2) is 36.6 Å². The molecule has 18 heavy (non-hydrogen) atoms. The highest BCUT2D eigenvalue weighted by molar-refractivity contribution is 5.73. The molecule has 2 amide bonds. The second kappa shape index (κ2) is 7.13. The Kier molecular flexibility index (Phi) is 5.80. The monoisotopic (exact) mass is 264 g/mol. The number of carbonyl (C=O) groups is 2. The molecule has 1 aliphatic carbocycles. The Hall–Kier alpha value is -1.40. The van der Waals surface area contributed by atoms with Crippen LogP contribution in [0, 0.1) is 11.8 Å². The van der Waals surface area contributed by atoms with E-state index in [2.05, 4.69) is 10.6 Å². The van der Waals surface area contributed by atoms with Crippen molar-refractivity contribution in [2.24, 2.45) is 11.8 Å². The number of carbonyl (C=O) groups excluding carboxylic acids is 1. The van der Waals surface area contributed by atoms with E-state index in [9.17, 15) is 18.4 Å². The van der Waals surface area contributed by atoms with Crippen LogP contribution in [0.1, 0.15) is 25.7 Å². The topological polar surface area (TPSA) is 78.4 Å². The number of hydrogen-bond donors (Lipinski definition) is 3. The average Bonchev–Trinajstić information content (AvgIpc) is 2.34. The third-order valence-electron chi connectivity index (χ3n) is 3.16. The quantitative estimate of drug-likeness (QED) is 0.703. The fourth-order valence-corrected chi connectivity index (χ4v) is 2.08. The van der Waals surface area contributed by atoms with Crippen LogP contribution in [0.2, 0.25) is 0 Å². The van der Waals surface area contributed by atoms with Gasteiger partial charge in [-0.05, 0) is 31.6 Å². The number of halogens is 2. The zero-order valence-electron chi connectivity index (χ0n) is 9.99. The van der Waals surface area contributed by atoms with Gasteiger partial charge in [0, 0.05) is 6.54 Å². The number of hydrogen-bond acceptors (Lipinski definition) is 2. The van der Waals surface area contributed by atoms with Crippen molar-refractivity contribution >= 4 is 12.0 Å². The number of alkyl halides is 2. The minimum atomic E-state index is -2.55. The second-order valence-electron chi connectivity index (χ2n) is 4.54. The fraction of sp³-hybridized carbons (Fsp3) is 0.818. The Morgan fingerprint density at radius 1 is 1.17 bits per heavy atom. The molecule has 1 fully saturated rings. The SMILES string of the molecule is O=C(NCC(F)F)NCC1CCC(C(=O)O)CC1. The van der Waals surface area contributed by atoms with Gasteiger partial charge in [-0.1, -0.05) is 0 Å². The number of amides is 2. The number of carboxylic acids is 1. The van der Waals surface area contributed by atoms with Gasteiger partial charge in [-0.3, -0.25) is 4.79 Å². The van der Waals surface area contributed by atoms with E-state index < -0.39 is 25.0 Å². The van der Waals surface area contributed by atoms with Crippen LogP contribution >= 0.6 is 0 Å². The number of nitrogens with one attached hydrogen (secondary N) is 2. The van der Waals surface area contributed by atoms with E-state index in [-0.39, 0.29) is 11.8 Å². The normalized spacial score (nSPS) is 23.7. The van der Waals surface area contributed by atoms with Crippen LogP contribution in [0.3, 0.4) is 0 Å². The zero-order valence-corrected chi connectivity index (χ0v) is 9.99. The molecule has 3 N–H and O–H groups in total. The van der Waals surface area contributed by atoms with Crippen molar-refractivity contribution in [3.8, 4) is 0 Å². The average molecular weight is 264 g/mol. The molecule has 0 atom stereocenters. The van der Waals surface area contributed by atoms with E-state index in [0.29, 0.717) is 19.4 Å². The molecule has 0 aliphatic heterocycles. The molecule has 1 rings (SSSR count). The predicted octanol–water partition coefficient (Wildman–Crippen LogP) is 1.44. The molecule has 0 heterocycles. The number of aliphatic carboxylic acids is 1. The molecular formula is C11H18F2N2O3. The van der Waals surface area contributed by atoms with Gasteiger partial charge in [-0.15, -0.1) is 0 Å². The summed E-state index contributed by atoms with van der Waals surface area (Å²) in [5.41, 5.74) is 0. The van der Waals surface area contributed by atoms with Crippen molar-refractivity contribution in [3.05, 3.63) is 0 Å². The lowest BCUT2D eigenvalue weighted by atomic mass is 9.82. The molecule has 1 aliphatic rings. The van der Waals surface area contributed by atoms with Crippen molar-refractivity contribution in [1.82, 2.24) is 10.6 Å². The molecule has 7 heteroatoms. The fourth-order valence-electron chi connectivity index (χ4n) is 2.08. The number of rotatable bonds is 5. The maximum Gasteiger partial charge on any atom is 0.314 e. The highest BCUT2D eigenvalue weighted by Crippen LogP contribution is 2.28. The van der Waals surface area contributed by atoms with E-state index in [1.54, 1.807) is 0 Å². The van der Waals surface area contributed by atoms with Gasteiger partial charge in [0.2, 0.25) is 0 Å². The Labute approximate surface area is 104 Å². The third kappa shape index (κ3) is 5.29. The van der Waals surface area contributed by atoms with Crippen molar-refractivity contribution in [2.75, 3.05) is 13.1 Å². The van der Waals surface area contributed by atoms with Crippen molar-refractivity contribution in [2.45, 2.75) is 32.1 Å². The van der Waals surface area contributed by atoms with Crippen LogP contribution < -0.4 is 10.6 Å². The van der Waals surface area contributed by atoms with Gasteiger partial charge >= 0.3 is 12.0 Å². The van der Waals surface area contributed by atoms with Gasteiger partial charge < -0.3 is 15.7 Å². The second-order valence-corrected chi connectivity index (χ2v) is 4.54. The lowest BCUT2D eigenvalue weighted by Crippen LogP contribution is -2.41. The Morgan fingerprint density at radius 3 is 2.28 bits per heavy atom. The van der Waals surface area contributed by atoms with Crippen molar-refractivity contribution < 1.29 is 23.5 Å². The van der Waals surface area contributed by atoms with Gasteiger partial charge in [-0.25, -0.2) is 13.6 Å². The molecule has 0 unspecified atom stereocenters. The molecule has 0 aromatic carbocycles. The summed E-state index contributed by atoms with van der Waals surface area (Å²) in [6.07, 6.45) is 0.153. The summed E-state index contributed by atoms with van der Waals surface area (Å²) in [6, 6.07) is -0.601. The molecule has 104 valence electrons. The maximum atomic E-state index is 11.8. The van der Waals surface area contributed by atoms with Gasteiger partial charge in [0.25, 0.3) is 6.43 Å². The van der Waals surface area contributed by atoms with E-state index in [4.69, 9.17) is 5.11 Å². The molecule has 1 saturated carbocycles. The van der Waals surface area contributed by atoms with Crippen LogP contribution in [0.4, 0.5) is 13.6 Å². The molecule has 0 radical (unpaired) electrons. The van der Waals surface area contributed by atoms with E-state index in [0.717, 1.165) is 12.8 Å². The lowest BCUT2D eigenvalue weighted by Gasteiger charge is -2.26. The molecule has 0 saturated heterocycles. The van der Waals surface area contributed by atoms with Crippen LogP contribution in [0.15, 0.2) is 0 Å². The third-order valence-corrected chi connectivity index (χ3v) is 3.16. The maximum absolute atomic E-state index is 11.8. The Bertz CT molecular complexity index is 292. The molecule has 0 aromatic rings. The summed E-state index contributed by atoms with van der Waals surface area (Å²) in [5.74, 6) is -0.817. The van der Waals surface area contributed by atoms with Gasteiger partial charge in [0.05, 0.1) is 12.5 Å². The van der Waals surface area contributed by atoms with E-state index in [1.807, 2.05) is 0 Å². The summed E-state index contributed by atoms with van der Waals surface area (Å²) >= 11 is 0. The lowest BCUT2D eigenvalue weighted by molar-refractivity contribution is -0.143. The first kappa shape index (κ1) is 14.7. The van der Waals surface area contributed by atoms with Crippen LogP contribution in [-0.2, 0) is 4.79 Å². The summed E-state index contributed by atoms with van der Waals surface area (Å²) in [6.45, 7) is -0.251. The van der Waals surface area contributed by atoms with E-state index >= 15 is 0 Å². The van der Waals surface area contributed by atoms with Gasteiger partial charge in [0.15, 0.2) is 0 Å². The number of carboxylic acid groups (broad SMARTS) is 1. The first-order chi connectivity index (χ1) is 8.49. The van der Waals surface area contributed by atoms with Crippen LogP contribution in [0.5, 0.6) is 0 Å². The molecule has 0 bridgehead atoms. The van der Waals surface area contributed by atoms with Crippen LogP contribution in [0.25, 0.3) is 0 Å². The summed E-state index contributed by atoms with van der Waals surface area (Å²) in [4.78, 5) is 21.8. The first-order valence-corrected chi connectivity index (χ1v) is 6.01. The van der Waals surface area contributed by atoms with Gasteiger partial charge in [0.1, 0.15) is 0 Å². The smallest absolute Gasteiger partial charge is 0.314 e. The van der Waals surface area contributed by atoms with Crippen molar-refractivity contribution in [1.29, 1.82) is 0 Å². The number of urea groups is 1. The van der Waals surface area contributed by atoms with Gasteiger partial charge in [-0.2, -0.15) is 0 Å². The highest BCUT2D eigenvalue weighted by atomic mass is 19.3. The Balaban J connectivity index is 2.14. The standard InChI is InChI=1S/C11H18F2N2O3/c12-9(13)6-15-11(18)14-5-7-1-3-8(4-2-7)10(16)17/h7-9H,1-6H2,(H,16,17)(H2,14,15,18). The zero-order chi connectivity index (χ0) is 13.5.